The van der Waals surface area contributed by atoms with Crippen LogP contribution in [0.25, 0.3) is 5.65 Å². The topological polar surface area (TPSA) is 77.5 Å². The number of halogens is 1. The molecule has 3 aromatic rings. The van der Waals surface area contributed by atoms with Crippen molar-refractivity contribution >= 4 is 17.2 Å². The number of rotatable bonds is 6. The molecule has 1 atom stereocenters. The van der Waals surface area contributed by atoms with E-state index in [1.54, 1.807) is 17.0 Å². The summed E-state index contributed by atoms with van der Waals surface area (Å²) in [6, 6.07) is 13.5. The van der Waals surface area contributed by atoms with Crippen molar-refractivity contribution in [3.63, 3.8) is 0 Å². The molecule has 1 amide bonds. The summed E-state index contributed by atoms with van der Waals surface area (Å²) in [5.41, 5.74) is 1.45. The zero-order valence-corrected chi connectivity index (χ0v) is 17.5. The molecule has 4 rings (SSSR count). The number of nitrogens with zero attached hydrogens (tertiary/aromatic N) is 6. The SMILES string of the molecule is CC(C(=O)N(CCC#N)c1ccc(F)cc1)N1CCC(c2nnc3ccccn23)CC1. The lowest BCUT2D eigenvalue weighted by molar-refractivity contribution is -0.123. The number of amides is 1. The second-order valence-electron chi connectivity index (χ2n) is 7.85. The lowest BCUT2D eigenvalue weighted by Gasteiger charge is -2.37. The molecule has 0 spiro atoms. The van der Waals surface area contributed by atoms with Crippen LogP contribution in [0.4, 0.5) is 10.1 Å². The average molecular weight is 420 g/mol. The van der Waals surface area contributed by atoms with Gasteiger partial charge in [-0.1, -0.05) is 6.07 Å². The second kappa shape index (κ2) is 9.23. The molecule has 0 saturated carbocycles. The van der Waals surface area contributed by atoms with Crippen molar-refractivity contribution in [2.24, 2.45) is 0 Å². The summed E-state index contributed by atoms with van der Waals surface area (Å²) in [5, 5.41) is 17.6. The molecule has 3 heterocycles. The third-order valence-electron chi connectivity index (χ3n) is 5.99. The Balaban J connectivity index is 1.44. The molecule has 8 heteroatoms. The fourth-order valence-corrected chi connectivity index (χ4v) is 4.21. The molecule has 1 aliphatic rings. The van der Waals surface area contributed by atoms with E-state index in [4.69, 9.17) is 5.26 Å². The molecule has 0 bridgehead atoms. The summed E-state index contributed by atoms with van der Waals surface area (Å²) in [6.07, 6.45) is 3.99. The third-order valence-corrected chi connectivity index (χ3v) is 5.99. The van der Waals surface area contributed by atoms with Gasteiger partial charge in [0.25, 0.3) is 0 Å². The second-order valence-corrected chi connectivity index (χ2v) is 7.85. The average Bonchev–Trinajstić information content (AvgIpc) is 3.24. The number of carbonyl (C=O) groups is 1. The molecule has 1 unspecified atom stereocenters. The Morgan fingerprint density at radius 2 is 1.97 bits per heavy atom. The monoisotopic (exact) mass is 420 g/mol. The Hall–Kier alpha value is -3.31. The lowest BCUT2D eigenvalue weighted by Crippen LogP contribution is -2.50. The highest BCUT2D eigenvalue weighted by atomic mass is 19.1. The van der Waals surface area contributed by atoms with Gasteiger partial charge in [0.1, 0.15) is 11.6 Å². The third kappa shape index (κ3) is 4.42. The van der Waals surface area contributed by atoms with Crippen LogP contribution in [0.3, 0.4) is 0 Å². The maximum atomic E-state index is 13.3. The van der Waals surface area contributed by atoms with Gasteiger partial charge in [0.05, 0.1) is 18.5 Å². The van der Waals surface area contributed by atoms with Gasteiger partial charge in [0.2, 0.25) is 5.91 Å². The Bertz CT molecular complexity index is 1080. The maximum Gasteiger partial charge on any atom is 0.244 e. The van der Waals surface area contributed by atoms with Crippen LogP contribution >= 0.6 is 0 Å². The van der Waals surface area contributed by atoms with Crippen LogP contribution in [0, 0.1) is 17.1 Å². The van der Waals surface area contributed by atoms with Crippen LogP contribution in [-0.2, 0) is 4.79 Å². The summed E-state index contributed by atoms with van der Waals surface area (Å²) < 4.78 is 15.4. The molecule has 7 nitrogen and oxygen atoms in total. The Morgan fingerprint density at radius 1 is 1.23 bits per heavy atom. The lowest BCUT2D eigenvalue weighted by atomic mass is 9.95. The summed E-state index contributed by atoms with van der Waals surface area (Å²) in [4.78, 5) is 17.0. The number of piperidine rings is 1. The number of aromatic nitrogens is 3. The number of hydrogen-bond acceptors (Lipinski definition) is 5. The number of pyridine rings is 1. The van der Waals surface area contributed by atoms with Crippen LogP contribution < -0.4 is 4.90 Å². The van der Waals surface area contributed by atoms with Crippen molar-refractivity contribution in [3.8, 4) is 6.07 Å². The molecule has 0 aliphatic carbocycles. The molecule has 31 heavy (non-hydrogen) atoms. The molecule has 2 aromatic heterocycles. The van der Waals surface area contributed by atoms with E-state index < -0.39 is 0 Å². The van der Waals surface area contributed by atoms with Gasteiger partial charge in [0.15, 0.2) is 5.65 Å². The first-order valence-electron chi connectivity index (χ1n) is 10.6. The Morgan fingerprint density at radius 3 is 2.68 bits per heavy atom. The molecule has 0 N–H and O–H groups in total. The predicted molar refractivity (Wildman–Crippen MR) is 115 cm³/mol. The zero-order valence-electron chi connectivity index (χ0n) is 17.5. The van der Waals surface area contributed by atoms with Gasteiger partial charge >= 0.3 is 0 Å². The molecule has 160 valence electrons. The first-order valence-corrected chi connectivity index (χ1v) is 10.6. The standard InChI is InChI=1S/C23H25FN6O/c1-17(23(31)29(14-4-12-25)20-8-6-19(24)7-9-20)28-15-10-18(11-16-28)22-27-26-21-5-2-3-13-30(21)22/h2-3,5-9,13,17-18H,4,10-11,14-16H2,1H3. The zero-order chi connectivity index (χ0) is 21.8. The highest BCUT2D eigenvalue weighted by Crippen LogP contribution is 2.28. The van der Waals surface area contributed by atoms with Crippen molar-refractivity contribution in [2.75, 3.05) is 24.5 Å². The molecule has 1 aliphatic heterocycles. The summed E-state index contributed by atoms with van der Waals surface area (Å²) in [7, 11) is 0. The van der Waals surface area contributed by atoms with Crippen molar-refractivity contribution in [1.29, 1.82) is 5.26 Å². The van der Waals surface area contributed by atoms with Gasteiger partial charge in [-0.15, -0.1) is 10.2 Å². The van der Waals surface area contributed by atoms with E-state index >= 15 is 0 Å². The van der Waals surface area contributed by atoms with Crippen molar-refractivity contribution < 1.29 is 9.18 Å². The fraction of sp³-hybridized carbons (Fsp3) is 0.391. The Labute approximate surface area is 180 Å². The van der Waals surface area contributed by atoms with Crippen molar-refractivity contribution in [3.05, 3.63) is 60.3 Å². The van der Waals surface area contributed by atoms with E-state index in [1.165, 1.54) is 12.1 Å². The number of anilines is 1. The quantitative estimate of drug-likeness (QED) is 0.611. The molecular weight excluding hydrogens is 395 g/mol. The number of fused-ring (bicyclic) bond motifs is 1. The van der Waals surface area contributed by atoms with Crippen molar-refractivity contribution in [2.45, 2.75) is 38.1 Å². The summed E-state index contributed by atoms with van der Waals surface area (Å²) in [6.45, 7) is 3.73. The normalized spacial score (nSPS) is 16.2. The molecule has 1 fully saturated rings. The first kappa shape index (κ1) is 20.9. The number of likely N-dealkylation sites (tertiary alicyclic amines) is 1. The number of carbonyl (C=O) groups excluding carboxylic acids is 1. The minimum absolute atomic E-state index is 0.0757. The van der Waals surface area contributed by atoms with Gasteiger partial charge in [0, 0.05) is 24.3 Å². The molecular formula is C23H25FN6O. The highest BCUT2D eigenvalue weighted by Gasteiger charge is 2.31. The highest BCUT2D eigenvalue weighted by molar-refractivity contribution is 5.97. The molecule has 0 radical (unpaired) electrons. The number of hydrogen-bond donors (Lipinski definition) is 0. The predicted octanol–water partition coefficient (Wildman–Crippen LogP) is 3.38. The van der Waals surface area contributed by atoms with Crippen LogP contribution in [0.2, 0.25) is 0 Å². The summed E-state index contributed by atoms with van der Waals surface area (Å²) >= 11 is 0. The van der Waals surface area contributed by atoms with Gasteiger partial charge in [-0.25, -0.2) is 4.39 Å². The van der Waals surface area contributed by atoms with E-state index in [0.717, 1.165) is 37.4 Å². The first-order chi connectivity index (χ1) is 15.1. The largest absolute Gasteiger partial charge is 0.310 e. The number of nitriles is 1. The van der Waals surface area contributed by atoms with Crippen LogP contribution in [0.15, 0.2) is 48.7 Å². The van der Waals surface area contributed by atoms with E-state index in [9.17, 15) is 9.18 Å². The maximum absolute atomic E-state index is 13.3. The molecule has 1 saturated heterocycles. The fourth-order valence-electron chi connectivity index (χ4n) is 4.21. The van der Waals surface area contributed by atoms with E-state index in [1.807, 2.05) is 35.7 Å². The Kier molecular flexibility index (Phi) is 6.23. The van der Waals surface area contributed by atoms with Crippen LogP contribution in [0.1, 0.15) is 37.9 Å². The smallest absolute Gasteiger partial charge is 0.244 e. The minimum Gasteiger partial charge on any atom is -0.310 e. The van der Waals surface area contributed by atoms with E-state index in [0.29, 0.717) is 11.6 Å². The van der Waals surface area contributed by atoms with Gasteiger partial charge in [-0.05, 0) is 69.3 Å². The van der Waals surface area contributed by atoms with Gasteiger partial charge < -0.3 is 4.90 Å². The van der Waals surface area contributed by atoms with Gasteiger partial charge in [-0.3, -0.25) is 14.1 Å². The van der Waals surface area contributed by atoms with E-state index in [2.05, 4.69) is 21.2 Å². The number of benzene rings is 1. The summed E-state index contributed by atoms with van der Waals surface area (Å²) in [5.74, 6) is 0.833. The minimum atomic E-state index is -0.354. The van der Waals surface area contributed by atoms with Crippen molar-refractivity contribution in [1.82, 2.24) is 19.5 Å². The van der Waals surface area contributed by atoms with Gasteiger partial charge in [-0.2, -0.15) is 5.26 Å². The van der Waals surface area contributed by atoms with Crippen LogP contribution in [0.5, 0.6) is 0 Å². The molecule has 1 aromatic carbocycles. The van der Waals surface area contributed by atoms with E-state index in [-0.39, 0.29) is 30.7 Å². The van der Waals surface area contributed by atoms with Crippen LogP contribution in [-0.4, -0.2) is 51.1 Å².